The van der Waals surface area contributed by atoms with Crippen molar-refractivity contribution < 1.29 is 14.6 Å². The smallest absolute Gasteiger partial charge is 0.309 e. The molecule has 2 saturated carbocycles. The molecule has 0 saturated heterocycles. The van der Waals surface area contributed by atoms with Crippen LogP contribution >= 0.6 is 0 Å². The zero-order valence-electron chi connectivity index (χ0n) is 10.9. The van der Waals surface area contributed by atoms with Crippen LogP contribution in [0, 0.1) is 23.2 Å². The number of rotatable bonds is 7. The topological polar surface area (TPSA) is 46.5 Å². The Hall–Kier alpha value is -0.570. The predicted molar refractivity (Wildman–Crippen MR) is 65.8 cm³/mol. The minimum absolute atomic E-state index is 0.453. The van der Waals surface area contributed by atoms with E-state index in [0.717, 1.165) is 25.9 Å². The van der Waals surface area contributed by atoms with E-state index in [-0.39, 0.29) is 0 Å². The third-order valence-electron chi connectivity index (χ3n) is 4.39. The molecule has 0 aromatic carbocycles. The first kappa shape index (κ1) is 12.9. The standard InChI is InChI=1S/C14H24O3/c1-10(2)3-5-17-6-4-14(13(15)16)8-11-7-12(11)9-14/h10-12H,3-9H2,1-2H3,(H,15,16). The molecule has 1 N–H and O–H groups in total. The number of fused-ring (bicyclic) bond motifs is 1. The van der Waals surface area contributed by atoms with E-state index in [1.807, 2.05) is 0 Å². The van der Waals surface area contributed by atoms with Gasteiger partial charge < -0.3 is 9.84 Å². The molecule has 0 radical (unpaired) electrons. The summed E-state index contributed by atoms with van der Waals surface area (Å²) >= 11 is 0. The minimum atomic E-state index is -0.600. The fraction of sp³-hybridized carbons (Fsp3) is 0.929. The summed E-state index contributed by atoms with van der Waals surface area (Å²) in [6.07, 6.45) is 4.81. The highest BCUT2D eigenvalue weighted by Crippen LogP contribution is 2.61. The van der Waals surface area contributed by atoms with Crippen LogP contribution in [-0.4, -0.2) is 24.3 Å². The summed E-state index contributed by atoms with van der Waals surface area (Å²) in [6, 6.07) is 0. The van der Waals surface area contributed by atoms with Crippen molar-refractivity contribution in [1.29, 1.82) is 0 Å². The second-order valence-electron chi connectivity index (χ2n) is 6.29. The zero-order chi connectivity index (χ0) is 12.5. The third kappa shape index (κ3) is 3.01. The molecule has 17 heavy (non-hydrogen) atoms. The van der Waals surface area contributed by atoms with Crippen molar-refractivity contribution >= 4 is 5.97 Å². The normalized spacial score (nSPS) is 35.0. The Labute approximate surface area is 104 Å². The SMILES string of the molecule is CC(C)CCOCCC1(C(=O)O)CC2CC2C1. The van der Waals surface area contributed by atoms with Crippen molar-refractivity contribution in [2.45, 2.75) is 46.0 Å². The molecule has 2 fully saturated rings. The fourth-order valence-corrected chi connectivity index (χ4v) is 3.07. The van der Waals surface area contributed by atoms with Crippen LogP contribution < -0.4 is 0 Å². The molecule has 98 valence electrons. The van der Waals surface area contributed by atoms with Crippen molar-refractivity contribution in [3.05, 3.63) is 0 Å². The maximum atomic E-state index is 11.4. The average molecular weight is 240 g/mol. The molecule has 0 amide bonds. The van der Waals surface area contributed by atoms with E-state index in [1.54, 1.807) is 0 Å². The Bertz CT molecular complexity index is 275. The first-order chi connectivity index (χ1) is 8.03. The second-order valence-corrected chi connectivity index (χ2v) is 6.29. The molecule has 2 aliphatic rings. The van der Waals surface area contributed by atoms with Gasteiger partial charge in [0.15, 0.2) is 0 Å². The molecule has 2 atom stereocenters. The molecular weight excluding hydrogens is 216 g/mol. The van der Waals surface area contributed by atoms with Crippen LogP contribution in [-0.2, 0) is 9.53 Å². The van der Waals surface area contributed by atoms with Gasteiger partial charge in [0, 0.05) is 13.2 Å². The van der Waals surface area contributed by atoms with E-state index < -0.39 is 11.4 Å². The van der Waals surface area contributed by atoms with Gasteiger partial charge in [-0.15, -0.1) is 0 Å². The number of hydrogen-bond donors (Lipinski definition) is 1. The summed E-state index contributed by atoms with van der Waals surface area (Å²) in [5, 5.41) is 9.39. The lowest BCUT2D eigenvalue weighted by Gasteiger charge is -2.25. The Morgan fingerprint density at radius 3 is 2.53 bits per heavy atom. The van der Waals surface area contributed by atoms with Crippen LogP contribution in [0.4, 0.5) is 0 Å². The van der Waals surface area contributed by atoms with E-state index >= 15 is 0 Å². The van der Waals surface area contributed by atoms with Gasteiger partial charge in [-0.05, 0) is 49.9 Å². The maximum Gasteiger partial charge on any atom is 0.309 e. The van der Waals surface area contributed by atoms with Gasteiger partial charge in [-0.3, -0.25) is 4.79 Å². The molecule has 3 nitrogen and oxygen atoms in total. The van der Waals surface area contributed by atoms with Crippen molar-refractivity contribution in [3.8, 4) is 0 Å². The van der Waals surface area contributed by atoms with Gasteiger partial charge in [-0.25, -0.2) is 0 Å². The second kappa shape index (κ2) is 4.97. The molecule has 3 heteroatoms. The van der Waals surface area contributed by atoms with E-state index in [0.29, 0.717) is 30.8 Å². The molecule has 0 aromatic rings. The van der Waals surface area contributed by atoms with Crippen LogP contribution in [0.2, 0.25) is 0 Å². The molecule has 0 bridgehead atoms. The van der Waals surface area contributed by atoms with E-state index in [2.05, 4.69) is 13.8 Å². The summed E-state index contributed by atoms with van der Waals surface area (Å²) in [5.41, 5.74) is -0.453. The van der Waals surface area contributed by atoms with Crippen LogP contribution in [0.1, 0.15) is 46.0 Å². The predicted octanol–water partition coefficient (Wildman–Crippen LogP) is 2.94. The van der Waals surface area contributed by atoms with Gasteiger partial charge >= 0.3 is 5.97 Å². The van der Waals surface area contributed by atoms with Crippen LogP contribution in [0.25, 0.3) is 0 Å². The van der Waals surface area contributed by atoms with E-state index in [4.69, 9.17) is 4.74 Å². The maximum absolute atomic E-state index is 11.4. The van der Waals surface area contributed by atoms with Gasteiger partial charge in [-0.2, -0.15) is 0 Å². The highest BCUT2D eigenvalue weighted by molar-refractivity contribution is 5.75. The van der Waals surface area contributed by atoms with Crippen LogP contribution in [0.5, 0.6) is 0 Å². The summed E-state index contributed by atoms with van der Waals surface area (Å²) in [7, 11) is 0. The Kier molecular flexibility index (Phi) is 3.76. The highest BCUT2D eigenvalue weighted by Gasteiger charge is 2.57. The zero-order valence-corrected chi connectivity index (χ0v) is 10.9. The summed E-state index contributed by atoms with van der Waals surface area (Å²) < 4.78 is 5.57. The molecule has 2 unspecified atom stereocenters. The molecule has 2 rings (SSSR count). The highest BCUT2D eigenvalue weighted by atomic mass is 16.5. The van der Waals surface area contributed by atoms with Gasteiger partial charge in [0.25, 0.3) is 0 Å². The Morgan fingerprint density at radius 2 is 2.00 bits per heavy atom. The number of hydrogen-bond acceptors (Lipinski definition) is 2. The lowest BCUT2D eigenvalue weighted by molar-refractivity contribution is -0.150. The average Bonchev–Trinajstić information content (AvgIpc) is 2.86. The van der Waals surface area contributed by atoms with Crippen molar-refractivity contribution in [3.63, 3.8) is 0 Å². The fourth-order valence-electron chi connectivity index (χ4n) is 3.07. The van der Waals surface area contributed by atoms with E-state index in [1.165, 1.54) is 6.42 Å². The lowest BCUT2D eigenvalue weighted by atomic mass is 9.80. The van der Waals surface area contributed by atoms with Crippen molar-refractivity contribution in [1.82, 2.24) is 0 Å². The molecule has 0 aliphatic heterocycles. The van der Waals surface area contributed by atoms with Crippen LogP contribution in [0.15, 0.2) is 0 Å². The van der Waals surface area contributed by atoms with Gasteiger partial charge in [0.1, 0.15) is 0 Å². The molecule has 0 spiro atoms. The minimum Gasteiger partial charge on any atom is -0.481 e. The molecule has 0 heterocycles. The summed E-state index contributed by atoms with van der Waals surface area (Å²) in [4.78, 5) is 11.4. The number of carboxylic acids is 1. The monoisotopic (exact) mass is 240 g/mol. The van der Waals surface area contributed by atoms with Gasteiger partial charge in [0.05, 0.1) is 5.41 Å². The molecule has 0 aromatic heterocycles. The Balaban J connectivity index is 1.70. The lowest BCUT2D eigenvalue weighted by Crippen LogP contribution is -2.31. The number of carbonyl (C=O) groups is 1. The molecule has 2 aliphatic carbocycles. The Morgan fingerprint density at radius 1 is 1.35 bits per heavy atom. The number of ether oxygens (including phenoxy) is 1. The first-order valence-corrected chi connectivity index (χ1v) is 6.85. The molecular formula is C14H24O3. The number of aliphatic carboxylic acids is 1. The van der Waals surface area contributed by atoms with Gasteiger partial charge in [0.2, 0.25) is 0 Å². The van der Waals surface area contributed by atoms with Crippen molar-refractivity contribution in [2.24, 2.45) is 23.2 Å². The van der Waals surface area contributed by atoms with Crippen LogP contribution in [0.3, 0.4) is 0 Å². The largest absolute Gasteiger partial charge is 0.481 e. The quantitative estimate of drug-likeness (QED) is 0.696. The van der Waals surface area contributed by atoms with E-state index in [9.17, 15) is 9.90 Å². The summed E-state index contributed by atoms with van der Waals surface area (Å²) in [6.45, 7) is 5.72. The number of carboxylic acid groups (broad SMARTS) is 1. The third-order valence-corrected chi connectivity index (χ3v) is 4.39. The van der Waals surface area contributed by atoms with Gasteiger partial charge in [-0.1, -0.05) is 13.8 Å². The summed E-state index contributed by atoms with van der Waals surface area (Å²) in [5.74, 6) is 1.48. The van der Waals surface area contributed by atoms with Crippen molar-refractivity contribution in [2.75, 3.05) is 13.2 Å². The first-order valence-electron chi connectivity index (χ1n) is 6.85.